The van der Waals surface area contributed by atoms with Crippen molar-refractivity contribution < 1.29 is 9.53 Å². The van der Waals surface area contributed by atoms with Crippen LogP contribution in [0.5, 0.6) is 5.88 Å². The molecule has 6 heteroatoms. The monoisotopic (exact) mass is 345 g/mol. The molecule has 5 nitrogen and oxygen atoms in total. The molecule has 0 N–H and O–H groups in total. The number of benzene rings is 1. The zero-order valence-electron chi connectivity index (χ0n) is 14.0. The minimum atomic E-state index is -0.0381. The van der Waals surface area contributed by atoms with Crippen LogP contribution < -0.4 is 4.74 Å². The van der Waals surface area contributed by atoms with Gasteiger partial charge in [-0.15, -0.1) is 0 Å². The summed E-state index contributed by atoms with van der Waals surface area (Å²) >= 11 is 5.94. The van der Waals surface area contributed by atoms with Gasteiger partial charge < -0.3 is 9.64 Å². The number of ether oxygens (including phenoxy) is 1. The number of rotatable bonds is 3. The summed E-state index contributed by atoms with van der Waals surface area (Å²) in [6.45, 7) is 3.08. The van der Waals surface area contributed by atoms with Crippen LogP contribution in [-0.2, 0) is 7.05 Å². The Kier molecular flexibility index (Phi) is 4.62. The van der Waals surface area contributed by atoms with E-state index >= 15 is 0 Å². The zero-order chi connectivity index (χ0) is 17.3. The number of hydrogen-bond donors (Lipinski definition) is 0. The third-order valence-corrected chi connectivity index (χ3v) is 4.54. The van der Waals surface area contributed by atoms with E-state index in [-0.39, 0.29) is 5.91 Å². The van der Waals surface area contributed by atoms with Crippen LogP contribution in [0.25, 0.3) is 5.57 Å². The van der Waals surface area contributed by atoms with Crippen molar-refractivity contribution in [2.45, 2.75) is 13.3 Å². The second-order valence-electron chi connectivity index (χ2n) is 5.83. The molecule has 1 aromatic carbocycles. The minimum absolute atomic E-state index is 0.0381. The maximum atomic E-state index is 12.8. The van der Waals surface area contributed by atoms with Crippen LogP contribution in [0.4, 0.5) is 0 Å². The lowest BCUT2D eigenvalue weighted by Crippen LogP contribution is -2.35. The van der Waals surface area contributed by atoms with Crippen molar-refractivity contribution in [1.82, 2.24) is 14.7 Å². The summed E-state index contributed by atoms with van der Waals surface area (Å²) in [5.41, 5.74) is 3.63. The number of halogens is 1. The quantitative estimate of drug-likeness (QED) is 0.857. The van der Waals surface area contributed by atoms with Gasteiger partial charge >= 0.3 is 0 Å². The molecule has 0 spiro atoms. The molecule has 126 valence electrons. The molecular weight excluding hydrogens is 326 g/mol. The Bertz CT molecular complexity index is 793. The van der Waals surface area contributed by atoms with Crippen LogP contribution in [0.1, 0.15) is 28.0 Å². The average molecular weight is 346 g/mol. The number of methoxy groups -OCH3 is 1. The third kappa shape index (κ3) is 3.04. The molecule has 0 fully saturated rings. The molecule has 0 radical (unpaired) electrons. The highest BCUT2D eigenvalue weighted by atomic mass is 35.5. The van der Waals surface area contributed by atoms with E-state index in [9.17, 15) is 4.79 Å². The van der Waals surface area contributed by atoms with Crippen molar-refractivity contribution in [3.8, 4) is 5.88 Å². The molecule has 1 aliphatic heterocycles. The Balaban J connectivity index is 1.79. The Morgan fingerprint density at radius 2 is 2.00 bits per heavy atom. The highest BCUT2D eigenvalue weighted by Crippen LogP contribution is 2.27. The summed E-state index contributed by atoms with van der Waals surface area (Å²) in [4.78, 5) is 14.7. The molecule has 0 aliphatic carbocycles. The molecule has 0 unspecified atom stereocenters. The molecule has 24 heavy (non-hydrogen) atoms. The second kappa shape index (κ2) is 6.69. The number of carbonyl (C=O) groups excluding carboxylic acids is 1. The Labute approximate surface area is 146 Å². The zero-order valence-corrected chi connectivity index (χ0v) is 14.8. The first kappa shape index (κ1) is 16.6. The summed E-state index contributed by atoms with van der Waals surface area (Å²) in [5.74, 6) is 0.467. The summed E-state index contributed by atoms with van der Waals surface area (Å²) in [7, 11) is 3.33. The fourth-order valence-corrected chi connectivity index (χ4v) is 3.18. The summed E-state index contributed by atoms with van der Waals surface area (Å²) < 4.78 is 6.93. The Morgan fingerprint density at radius 3 is 2.58 bits per heavy atom. The summed E-state index contributed by atoms with van der Waals surface area (Å²) in [5, 5.41) is 5.01. The summed E-state index contributed by atoms with van der Waals surface area (Å²) in [6.07, 6.45) is 2.91. The van der Waals surface area contributed by atoms with Gasteiger partial charge in [-0.2, -0.15) is 5.10 Å². The van der Waals surface area contributed by atoms with E-state index in [0.29, 0.717) is 30.2 Å². The van der Waals surface area contributed by atoms with Gasteiger partial charge in [0.05, 0.1) is 12.8 Å². The van der Waals surface area contributed by atoms with Crippen molar-refractivity contribution in [2.24, 2.45) is 7.05 Å². The van der Waals surface area contributed by atoms with Crippen molar-refractivity contribution in [3.63, 3.8) is 0 Å². The van der Waals surface area contributed by atoms with E-state index in [1.807, 2.05) is 36.1 Å². The van der Waals surface area contributed by atoms with Gasteiger partial charge in [0.25, 0.3) is 5.91 Å². The van der Waals surface area contributed by atoms with Crippen molar-refractivity contribution >= 4 is 23.1 Å². The molecule has 1 aliphatic rings. The Hall–Kier alpha value is -2.27. The van der Waals surface area contributed by atoms with Gasteiger partial charge in [-0.05, 0) is 36.6 Å². The molecule has 0 bridgehead atoms. The Morgan fingerprint density at radius 1 is 1.29 bits per heavy atom. The van der Waals surface area contributed by atoms with E-state index in [1.54, 1.807) is 18.8 Å². The predicted octanol–water partition coefficient (Wildman–Crippen LogP) is 3.32. The number of aryl methyl sites for hydroxylation is 2. The van der Waals surface area contributed by atoms with Gasteiger partial charge in [0, 0.05) is 25.2 Å². The van der Waals surface area contributed by atoms with Crippen LogP contribution in [0.15, 0.2) is 30.3 Å². The molecule has 0 atom stereocenters. The fraction of sp³-hybridized carbons (Fsp3) is 0.333. The van der Waals surface area contributed by atoms with Gasteiger partial charge in [-0.25, -0.2) is 4.68 Å². The van der Waals surface area contributed by atoms with E-state index in [0.717, 1.165) is 17.0 Å². The van der Waals surface area contributed by atoms with Gasteiger partial charge in [0.1, 0.15) is 5.56 Å². The fourth-order valence-electron chi connectivity index (χ4n) is 3.06. The largest absolute Gasteiger partial charge is 0.481 e. The van der Waals surface area contributed by atoms with Gasteiger partial charge in [0.2, 0.25) is 5.88 Å². The van der Waals surface area contributed by atoms with Crippen LogP contribution in [0, 0.1) is 6.92 Å². The van der Waals surface area contributed by atoms with E-state index in [2.05, 4.69) is 11.2 Å². The molecule has 0 saturated heterocycles. The lowest BCUT2D eigenvalue weighted by atomic mass is 9.99. The smallest absolute Gasteiger partial charge is 0.261 e. The van der Waals surface area contributed by atoms with E-state index in [4.69, 9.17) is 16.3 Å². The first-order valence-electron chi connectivity index (χ1n) is 7.83. The SMILES string of the molecule is COc1c(C(=O)N2CC=C(c3ccc(Cl)cc3)CC2)c(C)nn1C. The van der Waals surface area contributed by atoms with E-state index in [1.165, 1.54) is 5.57 Å². The van der Waals surface area contributed by atoms with Gasteiger partial charge in [0.15, 0.2) is 0 Å². The molecule has 1 aromatic heterocycles. The highest BCUT2D eigenvalue weighted by Gasteiger charge is 2.27. The first-order chi connectivity index (χ1) is 11.5. The maximum absolute atomic E-state index is 12.8. The van der Waals surface area contributed by atoms with E-state index < -0.39 is 0 Å². The number of aromatic nitrogens is 2. The first-order valence-corrected chi connectivity index (χ1v) is 8.21. The normalized spacial score (nSPS) is 14.5. The molecule has 2 aromatic rings. The topological polar surface area (TPSA) is 47.4 Å². The number of carbonyl (C=O) groups is 1. The minimum Gasteiger partial charge on any atom is -0.481 e. The second-order valence-corrected chi connectivity index (χ2v) is 6.27. The maximum Gasteiger partial charge on any atom is 0.261 e. The van der Waals surface area contributed by atoms with Crippen molar-refractivity contribution in [2.75, 3.05) is 20.2 Å². The molecule has 0 saturated carbocycles. The van der Waals surface area contributed by atoms with Gasteiger partial charge in [-0.3, -0.25) is 4.79 Å². The number of nitrogens with zero attached hydrogens (tertiary/aromatic N) is 3. The number of amides is 1. The van der Waals surface area contributed by atoms with Crippen LogP contribution in [0.3, 0.4) is 0 Å². The lowest BCUT2D eigenvalue weighted by Gasteiger charge is -2.27. The predicted molar refractivity (Wildman–Crippen MR) is 94.4 cm³/mol. The third-order valence-electron chi connectivity index (χ3n) is 4.29. The standard InChI is InChI=1S/C18H20ClN3O2/c1-12-16(18(24-3)21(2)20-12)17(23)22-10-8-14(9-11-22)13-4-6-15(19)7-5-13/h4-8H,9-11H2,1-3H3. The van der Waals surface area contributed by atoms with Crippen LogP contribution >= 0.6 is 11.6 Å². The van der Waals surface area contributed by atoms with Crippen molar-refractivity contribution in [1.29, 1.82) is 0 Å². The molecular formula is C18H20ClN3O2. The number of hydrogen-bond acceptors (Lipinski definition) is 3. The molecule has 3 rings (SSSR count). The van der Waals surface area contributed by atoms with Gasteiger partial charge in [-0.1, -0.05) is 29.8 Å². The van der Waals surface area contributed by atoms with Crippen LogP contribution in [-0.4, -0.2) is 40.8 Å². The molecule has 1 amide bonds. The average Bonchev–Trinajstić information content (AvgIpc) is 2.88. The molecule has 2 heterocycles. The summed E-state index contributed by atoms with van der Waals surface area (Å²) in [6, 6.07) is 7.80. The van der Waals surface area contributed by atoms with Crippen molar-refractivity contribution in [3.05, 3.63) is 52.2 Å². The van der Waals surface area contributed by atoms with Crippen LogP contribution in [0.2, 0.25) is 5.02 Å². The lowest BCUT2D eigenvalue weighted by molar-refractivity contribution is 0.0768. The highest BCUT2D eigenvalue weighted by molar-refractivity contribution is 6.30.